The molecule has 0 radical (unpaired) electrons. The van der Waals surface area contributed by atoms with E-state index >= 15 is 0 Å². The number of piperidine rings is 1. The number of sulfonamides is 1. The Bertz CT molecular complexity index is 867. The lowest BCUT2D eigenvalue weighted by Crippen LogP contribution is -2.39. The van der Waals surface area contributed by atoms with Gasteiger partial charge >= 0.3 is 6.18 Å². The molecule has 10 heteroatoms. The van der Waals surface area contributed by atoms with Gasteiger partial charge in [-0.3, -0.25) is 4.98 Å². The zero-order chi connectivity index (χ0) is 19.5. The van der Waals surface area contributed by atoms with Crippen molar-refractivity contribution in [1.29, 1.82) is 0 Å². The van der Waals surface area contributed by atoms with E-state index in [0.717, 1.165) is 36.9 Å². The Morgan fingerprint density at radius 1 is 1.19 bits per heavy atom. The summed E-state index contributed by atoms with van der Waals surface area (Å²) in [6.07, 6.45) is 1.81. The molecule has 0 unspecified atom stereocenters. The molecule has 27 heavy (non-hydrogen) atoms. The molecular formula is C17H19F3N4O2S. The predicted molar refractivity (Wildman–Crippen MR) is 93.6 cm³/mol. The Balaban J connectivity index is 1.57. The first kappa shape index (κ1) is 19.6. The minimum atomic E-state index is -4.58. The lowest BCUT2D eigenvalue weighted by Gasteiger charge is -2.32. The summed E-state index contributed by atoms with van der Waals surface area (Å²) in [5, 5.41) is 0. The lowest BCUT2D eigenvalue weighted by molar-refractivity contribution is -0.137. The Morgan fingerprint density at radius 3 is 2.56 bits per heavy atom. The Morgan fingerprint density at radius 2 is 1.93 bits per heavy atom. The van der Waals surface area contributed by atoms with Crippen LogP contribution >= 0.6 is 0 Å². The SMILES string of the molecule is O=S(=O)(NCC1CCN(c2cnccn2)CC1)c1cccc(C(F)(F)F)c1. The van der Waals surface area contributed by atoms with Gasteiger partial charge in [0.2, 0.25) is 10.0 Å². The van der Waals surface area contributed by atoms with Gasteiger partial charge in [-0.25, -0.2) is 18.1 Å². The molecule has 0 bridgehead atoms. The number of hydrogen-bond acceptors (Lipinski definition) is 5. The molecule has 0 spiro atoms. The van der Waals surface area contributed by atoms with E-state index in [1.54, 1.807) is 18.6 Å². The normalized spacial score (nSPS) is 16.5. The Hall–Kier alpha value is -2.20. The van der Waals surface area contributed by atoms with Crippen LogP contribution in [0.4, 0.5) is 19.0 Å². The van der Waals surface area contributed by atoms with Gasteiger partial charge in [0, 0.05) is 32.0 Å². The van der Waals surface area contributed by atoms with Crippen molar-refractivity contribution in [3.05, 3.63) is 48.4 Å². The van der Waals surface area contributed by atoms with Crippen LogP contribution < -0.4 is 9.62 Å². The Labute approximate surface area is 155 Å². The van der Waals surface area contributed by atoms with Crippen LogP contribution in [0.25, 0.3) is 0 Å². The fraction of sp³-hybridized carbons (Fsp3) is 0.412. The standard InChI is InChI=1S/C17H19F3N4O2S/c18-17(19,20)14-2-1-3-15(10-14)27(25,26)23-11-13-4-8-24(9-5-13)16-12-21-6-7-22-16/h1-3,6-7,10,12-13,23H,4-5,8-9,11H2. The number of aromatic nitrogens is 2. The first-order valence-electron chi connectivity index (χ1n) is 8.43. The summed E-state index contributed by atoms with van der Waals surface area (Å²) in [7, 11) is -3.99. The molecule has 1 aromatic heterocycles. The number of nitrogens with one attached hydrogen (secondary N) is 1. The first-order chi connectivity index (χ1) is 12.8. The molecule has 3 rings (SSSR count). The number of alkyl halides is 3. The van der Waals surface area contributed by atoms with Crippen molar-refractivity contribution in [3.63, 3.8) is 0 Å². The molecule has 0 atom stereocenters. The second kappa shape index (κ2) is 7.81. The maximum atomic E-state index is 12.8. The number of rotatable bonds is 5. The van der Waals surface area contributed by atoms with E-state index in [2.05, 4.69) is 19.6 Å². The molecule has 0 amide bonds. The third-order valence-electron chi connectivity index (χ3n) is 4.52. The van der Waals surface area contributed by atoms with E-state index in [1.165, 1.54) is 0 Å². The van der Waals surface area contributed by atoms with Crippen LogP contribution in [0.3, 0.4) is 0 Å². The fourth-order valence-corrected chi connectivity index (χ4v) is 4.13. The van der Waals surface area contributed by atoms with Crippen LogP contribution in [0.15, 0.2) is 47.8 Å². The lowest BCUT2D eigenvalue weighted by atomic mass is 9.97. The van der Waals surface area contributed by atoms with Crippen LogP contribution in [0.1, 0.15) is 18.4 Å². The average Bonchev–Trinajstić information content (AvgIpc) is 2.67. The summed E-state index contributed by atoms with van der Waals surface area (Å²) in [6.45, 7) is 1.62. The molecule has 146 valence electrons. The van der Waals surface area contributed by atoms with E-state index in [9.17, 15) is 21.6 Å². The molecule has 0 aliphatic carbocycles. The topological polar surface area (TPSA) is 75.2 Å². The van der Waals surface area contributed by atoms with Crippen molar-refractivity contribution < 1.29 is 21.6 Å². The highest BCUT2D eigenvalue weighted by Crippen LogP contribution is 2.30. The van der Waals surface area contributed by atoms with Crippen LogP contribution in [0, 0.1) is 5.92 Å². The minimum Gasteiger partial charge on any atom is -0.355 e. The average molecular weight is 400 g/mol. The highest BCUT2D eigenvalue weighted by Gasteiger charge is 2.32. The molecule has 1 aliphatic rings. The third-order valence-corrected chi connectivity index (χ3v) is 5.94. The van der Waals surface area contributed by atoms with Crippen molar-refractivity contribution in [2.75, 3.05) is 24.5 Å². The second-order valence-corrected chi connectivity index (χ2v) is 8.14. The quantitative estimate of drug-likeness (QED) is 0.835. The maximum absolute atomic E-state index is 12.8. The monoisotopic (exact) mass is 400 g/mol. The highest BCUT2D eigenvalue weighted by atomic mass is 32.2. The molecule has 1 N–H and O–H groups in total. The predicted octanol–water partition coefficient (Wildman–Crippen LogP) is 2.69. The number of benzene rings is 1. The largest absolute Gasteiger partial charge is 0.416 e. The van der Waals surface area contributed by atoms with E-state index < -0.39 is 21.8 Å². The zero-order valence-corrected chi connectivity index (χ0v) is 15.2. The number of anilines is 1. The summed E-state index contributed by atoms with van der Waals surface area (Å²) in [6, 6.07) is 3.76. The molecule has 1 fully saturated rings. The highest BCUT2D eigenvalue weighted by molar-refractivity contribution is 7.89. The van der Waals surface area contributed by atoms with Gasteiger partial charge < -0.3 is 4.90 Å². The van der Waals surface area contributed by atoms with Gasteiger partial charge in [-0.1, -0.05) is 6.07 Å². The summed E-state index contributed by atoms with van der Waals surface area (Å²) in [5.74, 6) is 0.888. The van der Waals surface area contributed by atoms with Crippen LogP contribution in [0.2, 0.25) is 0 Å². The minimum absolute atomic E-state index is 0.110. The van der Waals surface area contributed by atoms with Gasteiger partial charge in [0.15, 0.2) is 0 Å². The number of nitrogens with zero attached hydrogens (tertiary/aromatic N) is 3. The molecule has 0 saturated carbocycles. The smallest absolute Gasteiger partial charge is 0.355 e. The summed E-state index contributed by atoms with van der Waals surface area (Å²) < 4.78 is 65.4. The zero-order valence-electron chi connectivity index (χ0n) is 14.4. The number of hydrogen-bond donors (Lipinski definition) is 1. The Kier molecular flexibility index (Phi) is 5.66. The van der Waals surface area contributed by atoms with Gasteiger partial charge in [-0.15, -0.1) is 0 Å². The molecular weight excluding hydrogens is 381 g/mol. The first-order valence-corrected chi connectivity index (χ1v) is 9.92. The van der Waals surface area contributed by atoms with Crippen molar-refractivity contribution in [2.24, 2.45) is 5.92 Å². The fourth-order valence-electron chi connectivity index (χ4n) is 2.97. The summed E-state index contributed by atoms with van der Waals surface area (Å²) >= 11 is 0. The van der Waals surface area contributed by atoms with Crippen molar-refractivity contribution in [1.82, 2.24) is 14.7 Å². The summed E-state index contributed by atoms with van der Waals surface area (Å²) in [5.41, 5.74) is -0.984. The van der Waals surface area contributed by atoms with Crippen LogP contribution in [0.5, 0.6) is 0 Å². The molecule has 2 heterocycles. The number of halogens is 3. The van der Waals surface area contributed by atoms with Crippen LogP contribution in [-0.4, -0.2) is 38.0 Å². The molecule has 1 saturated heterocycles. The second-order valence-electron chi connectivity index (χ2n) is 6.37. The van der Waals surface area contributed by atoms with Crippen molar-refractivity contribution in [3.8, 4) is 0 Å². The molecule has 2 aromatic rings. The molecule has 1 aromatic carbocycles. The van der Waals surface area contributed by atoms with Gasteiger partial charge in [-0.2, -0.15) is 13.2 Å². The van der Waals surface area contributed by atoms with E-state index in [0.29, 0.717) is 19.2 Å². The van der Waals surface area contributed by atoms with Crippen molar-refractivity contribution in [2.45, 2.75) is 23.9 Å². The third kappa shape index (κ3) is 4.95. The van der Waals surface area contributed by atoms with Gasteiger partial charge in [-0.05, 0) is 37.0 Å². The van der Waals surface area contributed by atoms with Crippen molar-refractivity contribution >= 4 is 15.8 Å². The molecule has 6 nitrogen and oxygen atoms in total. The van der Waals surface area contributed by atoms with Gasteiger partial charge in [0.25, 0.3) is 0 Å². The van der Waals surface area contributed by atoms with E-state index in [4.69, 9.17) is 0 Å². The summed E-state index contributed by atoms with van der Waals surface area (Å²) in [4.78, 5) is 9.96. The van der Waals surface area contributed by atoms with E-state index in [-0.39, 0.29) is 17.4 Å². The van der Waals surface area contributed by atoms with Gasteiger partial charge in [0.05, 0.1) is 16.7 Å². The van der Waals surface area contributed by atoms with Crippen LogP contribution in [-0.2, 0) is 16.2 Å². The van der Waals surface area contributed by atoms with Gasteiger partial charge in [0.1, 0.15) is 5.82 Å². The van der Waals surface area contributed by atoms with E-state index in [1.807, 2.05) is 0 Å². The maximum Gasteiger partial charge on any atom is 0.416 e. The molecule has 1 aliphatic heterocycles.